The highest BCUT2D eigenvalue weighted by Crippen LogP contribution is 2.46. The largest absolute Gasteiger partial charge is 0.490 e. The van der Waals surface area contributed by atoms with Gasteiger partial charge in [0.1, 0.15) is 11.0 Å². The van der Waals surface area contributed by atoms with E-state index in [2.05, 4.69) is 21.8 Å². The van der Waals surface area contributed by atoms with Crippen LogP contribution in [0, 0.1) is 11.8 Å². The molecule has 2 aliphatic carbocycles. The highest BCUT2D eigenvalue weighted by Gasteiger charge is 2.44. The van der Waals surface area contributed by atoms with E-state index < -0.39 is 27.3 Å². The SMILES string of the molecule is COCCOC[C@@H]1CC/C=C\[C@H](O)[C@@H]2CC[C@H]2CN2C[C@@]3(CCCc4cc(Cl)ccc43)COc3ccc(cc32)C(=O)NS1(=O)=O. The number of fused-ring (bicyclic) bond motifs is 4. The molecule has 1 spiro atoms. The summed E-state index contributed by atoms with van der Waals surface area (Å²) in [6.45, 7) is 2.35. The molecule has 5 atom stereocenters. The van der Waals surface area contributed by atoms with Crippen LogP contribution in [0.15, 0.2) is 48.6 Å². The molecule has 9 nitrogen and oxygen atoms in total. The van der Waals surface area contributed by atoms with Crippen LogP contribution in [-0.4, -0.2) is 77.4 Å². The molecule has 2 bridgehead atoms. The quantitative estimate of drug-likeness (QED) is 0.353. The second-order valence-electron chi connectivity index (χ2n) is 13.0. The number of carbonyl (C=O) groups excluding carboxylic acids is 1. The van der Waals surface area contributed by atoms with E-state index in [0.29, 0.717) is 38.5 Å². The number of anilines is 1. The van der Waals surface area contributed by atoms with Crippen LogP contribution in [0.2, 0.25) is 5.02 Å². The van der Waals surface area contributed by atoms with E-state index in [4.69, 9.17) is 25.8 Å². The first-order valence-corrected chi connectivity index (χ1v) is 17.9. The number of amides is 1. The molecule has 1 saturated carbocycles. The van der Waals surface area contributed by atoms with Gasteiger partial charge in [0.25, 0.3) is 5.91 Å². The number of nitrogens with one attached hydrogen (secondary N) is 1. The molecular formula is C34H43ClN2O7S. The van der Waals surface area contributed by atoms with Crippen LogP contribution in [0.5, 0.6) is 5.75 Å². The minimum atomic E-state index is -4.08. The van der Waals surface area contributed by atoms with E-state index in [1.807, 2.05) is 12.1 Å². The van der Waals surface area contributed by atoms with Crippen LogP contribution in [0.4, 0.5) is 5.69 Å². The molecule has 1 amide bonds. The number of hydrogen-bond donors (Lipinski definition) is 2. The summed E-state index contributed by atoms with van der Waals surface area (Å²) in [6, 6.07) is 11.3. The van der Waals surface area contributed by atoms with Gasteiger partial charge in [0.05, 0.1) is 38.2 Å². The highest BCUT2D eigenvalue weighted by molar-refractivity contribution is 7.90. The Morgan fingerprint density at radius 2 is 2.02 bits per heavy atom. The van der Waals surface area contributed by atoms with E-state index >= 15 is 0 Å². The number of sulfonamides is 1. The van der Waals surface area contributed by atoms with Crippen molar-refractivity contribution in [2.24, 2.45) is 11.8 Å². The third-order valence-corrected chi connectivity index (χ3v) is 12.0. The summed E-state index contributed by atoms with van der Waals surface area (Å²) in [4.78, 5) is 15.8. The number of hydrogen-bond acceptors (Lipinski definition) is 8. The van der Waals surface area contributed by atoms with E-state index in [-0.39, 0.29) is 42.4 Å². The van der Waals surface area contributed by atoms with Crippen LogP contribution in [0.25, 0.3) is 0 Å². The maximum Gasteiger partial charge on any atom is 0.264 e. The highest BCUT2D eigenvalue weighted by atomic mass is 35.5. The Labute approximate surface area is 270 Å². The average molecular weight is 659 g/mol. The molecule has 0 saturated heterocycles. The van der Waals surface area contributed by atoms with Gasteiger partial charge < -0.3 is 24.2 Å². The van der Waals surface area contributed by atoms with Crippen molar-refractivity contribution in [2.45, 2.75) is 61.7 Å². The summed E-state index contributed by atoms with van der Waals surface area (Å²) in [5.74, 6) is 0.331. The zero-order valence-electron chi connectivity index (χ0n) is 25.8. The Kier molecular flexibility index (Phi) is 9.78. The summed E-state index contributed by atoms with van der Waals surface area (Å²) in [6.07, 6.45) is 8.55. The lowest BCUT2D eigenvalue weighted by Crippen LogP contribution is -2.49. The zero-order valence-corrected chi connectivity index (χ0v) is 27.3. The minimum absolute atomic E-state index is 0.0758. The van der Waals surface area contributed by atoms with Crippen molar-refractivity contribution in [1.29, 1.82) is 0 Å². The van der Waals surface area contributed by atoms with Crippen LogP contribution in [0.3, 0.4) is 0 Å². The van der Waals surface area contributed by atoms with Gasteiger partial charge in [-0.05, 0) is 98.2 Å². The van der Waals surface area contributed by atoms with Crippen molar-refractivity contribution in [3.63, 3.8) is 0 Å². The fourth-order valence-corrected chi connectivity index (χ4v) is 8.89. The number of halogens is 1. The number of benzene rings is 2. The summed E-state index contributed by atoms with van der Waals surface area (Å²) in [5.41, 5.74) is 3.21. The fraction of sp³-hybridized carbons (Fsp3) is 0.559. The molecule has 2 N–H and O–H groups in total. The predicted octanol–water partition coefficient (Wildman–Crippen LogP) is 4.64. The van der Waals surface area contributed by atoms with Crippen molar-refractivity contribution in [2.75, 3.05) is 51.5 Å². The molecule has 0 aromatic heterocycles. The predicted molar refractivity (Wildman–Crippen MR) is 174 cm³/mol. The molecule has 6 rings (SSSR count). The number of aryl methyl sites for hydroxylation is 1. The van der Waals surface area contributed by atoms with E-state index in [0.717, 1.165) is 42.8 Å². The summed E-state index contributed by atoms with van der Waals surface area (Å²) in [7, 11) is -2.53. The van der Waals surface area contributed by atoms with Gasteiger partial charge in [-0.1, -0.05) is 29.8 Å². The van der Waals surface area contributed by atoms with Crippen LogP contribution in [0.1, 0.15) is 60.0 Å². The van der Waals surface area contributed by atoms with E-state index in [9.17, 15) is 18.3 Å². The lowest BCUT2D eigenvalue weighted by molar-refractivity contribution is 0.0456. The second kappa shape index (κ2) is 13.6. The van der Waals surface area contributed by atoms with Crippen LogP contribution < -0.4 is 14.4 Å². The molecular weight excluding hydrogens is 616 g/mol. The van der Waals surface area contributed by atoms with E-state index in [1.54, 1.807) is 31.4 Å². The molecule has 2 aliphatic heterocycles. The Morgan fingerprint density at radius 1 is 1.16 bits per heavy atom. The number of aliphatic hydroxyl groups is 1. The normalized spacial score (nSPS) is 30.2. The van der Waals surface area contributed by atoms with Crippen molar-refractivity contribution in [3.8, 4) is 5.75 Å². The number of nitrogens with zero attached hydrogens (tertiary/aromatic N) is 1. The lowest BCUT2D eigenvalue weighted by atomic mass is 9.68. The van der Waals surface area contributed by atoms with Gasteiger partial charge in [0.2, 0.25) is 10.0 Å². The fourth-order valence-electron chi connectivity index (χ4n) is 7.43. The number of allylic oxidation sites excluding steroid dienone is 1. The first kappa shape index (κ1) is 32.3. The van der Waals surface area contributed by atoms with Crippen molar-refractivity contribution in [3.05, 3.63) is 70.3 Å². The lowest BCUT2D eigenvalue weighted by Gasteiger charge is -2.45. The maximum absolute atomic E-state index is 13.5. The number of ether oxygens (including phenoxy) is 3. The standard InChI is InChI=1S/C34H43ClN2O7S/c1-42-15-16-43-20-27-6-2-3-7-31(38)28-11-8-25(28)19-37-21-34(14-4-5-23-17-26(35)10-12-29(23)34)22-44-32-13-9-24(18-30(32)37)33(39)36-45(27,40)41/h3,7,9-10,12-13,17-18,25,27-28,31,38H,2,4-6,8,11,14-16,19-22H2,1H3,(H,36,39)/b7-3-/t25-,27-,28+,31-,34-/m0/s1. The molecule has 11 heteroatoms. The Bertz CT molecular complexity index is 1530. The van der Waals surface area contributed by atoms with Gasteiger partial charge in [-0.15, -0.1) is 0 Å². The maximum atomic E-state index is 13.5. The van der Waals surface area contributed by atoms with Gasteiger partial charge in [0, 0.05) is 36.2 Å². The van der Waals surface area contributed by atoms with Gasteiger partial charge in [-0.25, -0.2) is 13.1 Å². The minimum Gasteiger partial charge on any atom is -0.490 e. The first-order chi connectivity index (χ1) is 21.7. The van der Waals surface area contributed by atoms with Gasteiger partial charge >= 0.3 is 0 Å². The topological polar surface area (TPSA) is 114 Å². The summed E-state index contributed by atoms with van der Waals surface area (Å²) < 4.78 is 46.4. The van der Waals surface area contributed by atoms with Gasteiger partial charge in [0.15, 0.2) is 0 Å². The Morgan fingerprint density at radius 3 is 2.82 bits per heavy atom. The van der Waals surface area contributed by atoms with Crippen molar-refractivity contribution < 1.29 is 32.5 Å². The third-order valence-electron chi connectivity index (χ3n) is 10.1. The van der Waals surface area contributed by atoms with Crippen LogP contribution in [-0.2, 0) is 31.3 Å². The third kappa shape index (κ3) is 6.90. The van der Waals surface area contributed by atoms with E-state index in [1.165, 1.54) is 11.1 Å². The summed E-state index contributed by atoms with van der Waals surface area (Å²) in [5, 5.41) is 10.9. The molecule has 45 heavy (non-hydrogen) atoms. The number of methoxy groups -OCH3 is 1. The molecule has 2 heterocycles. The molecule has 2 aromatic rings. The average Bonchev–Trinajstić information content (AvgIpc) is 3.14. The Hall–Kier alpha value is -2.63. The van der Waals surface area contributed by atoms with Crippen molar-refractivity contribution in [1.82, 2.24) is 4.72 Å². The van der Waals surface area contributed by atoms with Gasteiger partial charge in [-0.2, -0.15) is 0 Å². The zero-order chi connectivity index (χ0) is 31.6. The molecule has 244 valence electrons. The first-order valence-electron chi connectivity index (χ1n) is 16.0. The molecule has 4 aliphatic rings. The molecule has 1 fully saturated rings. The molecule has 2 aromatic carbocycles. The summed E-state index contributed by atoms with van der Waals surface area (Å²) >= 11 is 6.40. The van der Waals surface area contributed by atoms with Crippen molar-refractivity contribution >= 4 is 33.2 Å². The molecule has 0 radical (unpaired) electrons. The van der Waals surface area contributed by atoms with Crippen LogP contribution >= 0.6 is 11.6 Å². The Balaban J connectivity index is 1.36. The molecule has 0 unspecified atom stereocenters. The smallest absolute Gasteiger partial charge is 0.264 e. The second-order valence-corrected chi connectivity index (χ2v) is 15.3. The number of carbonyl (C=O) groups is 1. The number of rotatable bonds is 5. The number of aliphatic hydroxyl groups excluding tert-OH is 1. The van der Waals surface area contributed by atoms with Gasteiger partial charge in [-0.3, -0.25) is 4.79 Å². The monoisotopic (exact) mass is 658 g/mol.